The number of piperidine rings is 1. The van der Waals surface area contributed by atoms with Crippen LogP contribution in [0.5, 0.6) is 0 Å². The molecule has 1 saturated heterocycles. The second kappa shape index (κ2) is 5.93. The minimum atomic E-state index is 0.0777. The van der Waals surface area contributed by atoms with E-state index in [-0.39, 0.29) is 5.91 Å². The number of amides is 1. The van der Waals surface area contributed by atoms with E-state index < -0.39 is 0 Å². The molecule has 0 bridgehead atoms. The maximum Gasteiger partial charge on any atom is 0.224 e. The SMILES string of the molecule is CN1CCC(CNc2cc3c(cc2N)NC(=O)CC3)CC1. The number of rotatable bonds is 3. The maximum atomic E-state index is 11.4. The largest absolute Gasteiger partial charge is 0.397 e. The molecule has 0 saturated carbocycles. The summed E-state index contributed by atoms with van der Waals surface area (Å²) in [5, 5.41) is 6.39. The van der Waals surface area contributed by atoms with Crippen LogP contribution in [0.25, 0.3) is 0 Å². The van der Waals surface area contributed by atoms with Gasteiger partial charge in [-0.05, 0) is 63.0 Å². The van der Waals surface area contributed by atoms with Crippen LogP contribution in [-0.2, 0) is 11.2 Å². The number of nitrogens with one attached hydrogen (secondary N) is 2. The third-order valence-electron chi connectivity index (χ3n) is 4.59. The number of nitrogen functional groups attached to an aromatic ring is 1. The lowest BCUT2D eigenvalue weighted by atomic mass is 9.96. The van der Waals surface area contributed by atoms with Gasteiger partial charge < -0.3 is 21.3 Å². The molecular formula is C16H24N4O. The Morgan fingerprint density at radius 1 is 1.33 bits per heavy atom. The van der Waals surface area contributed by atoms with Gasteiger partial charge in [-0.1, -0.05) is 0 Å². The second-order valence-electron chi connectivity index (χ2n) is 6.27. The van der Waals surface area contributed by atoms with Gasteiger partial charge in [-0.25, -0.2) is 0 Å². The van der Waals surface area contributed by atoms with Gasteiger partial charge >= 0.3 is 0 Å². The number of likely N-dealkylation sites (tertiary alicyclic amines) is 1. The average molecular weight is 288 g/mol. The number of hydrogen-bond acceptors (Lipinski definition) is 4. The molecule has 1 amide bonds. The molecule has 0 aliphatic carbocycles. The highest BCUT2D eigenvalue weighted by molar-refractivity contribution is 5.95. The average Bonchev–Trinajstić information content (AvgIpc) is 2.47. The lowest BCUT2D eigenvalue weighted by Crippen LogP contribution is -2.33. The molecule has 114 valence electrons. The Bertz CT molecular complexity index is 535. The van der Waals surface area contributed by atoms with Crippen LogP contribution in [0.2, 0.25) is 0 Å². The molecule has 4 N–H and O–H groups in total. The first kappa shape index (κ1) is 14.2. The molecule has 2 aliphatic heterocycles. The molecule has 1 fully saturated rings. The molecule has 2 heterocycles. The molecule has 2 aliphatic rings. The highest BCUT2D eigenvalue weighted by Crippen LogP contribution is 2.31. The van der Waals surface area contributed by atoms with E-state index >= 15 is 0 Å². The van der Waals surface area contributed by atoms with E-state index in [1.54, 1.807) is 0 Å². The predicted molar refractivity (Wildman–Crippen MR) is 86.5 cm³/mol. The first-order valence-corrected chi connectivity index (χ1v) is 7.76. The molecule has 21 heavy (non-hydrogen) atoms. The Balaban J connectivity index is 1.64. The Hall–Kier alpha value is -1.75. The van der Waals surface area contributed by atoms with Gasteiger partial charge in [0.2, 0.25) is 5.91 Å². The number of benzene rings is 1. The van der Waals surface area contributed by atoms with Crippen molar-refractivity contribution in [1.82, 2.24) is 4.90 Å². The van der Waals surface area contributed by atoms with Crippen molar-refractivity contribution < 1.29 is 4.79 Å². The monoisotopic (exact) mass is 288 g/mol. The van der Waals surface area contributed by atoms with Crippen molar-refractivity contribution in [2.45, 2.75) is 25.7 Å². The van der Waals surface area contributed by atoms with Crippen molar-refractivity contribution in [3.8, 4) is 0 Å². The summed E-state index contributed by atoms with van der Waals surface area (Å²) in [7, 11) is 2.18. The molecule has 0 aromatic heterocycles. The lowest BCUT2D eigenvalue weighted by molar-refractivity contribution is -0.116. The number of nitrogens with zero attached hydrogens (tertiary/aromatic N) is 1. The summed E-state index contributed by atoms with van der Waals surface area (Å²) in [6.45, 7) is 3.33. The molecule has 0 radical (unpaired) electrons. The van der Waals surface area contributed by atoms with Crippen LogP contribution in [-0.4, -0.2) is 37.5 Å². The molecule has 0 spiro atoms. The van der Waals surface area contributed by atoms with Gasteiger partial charge in [0.1, 0.15) is 0 Å². The summed E-state index contributed by atoms with van der Waals surface area (Å²) < 4.78 is 0. The lowest BCUT2D eigenvalue weighted by Gasteiger charge is -2.29. The van der Waals surface area contributed by atoms with Crippen molar-refractivity contribution in [2.24, 2.45) is 5.92 Å². The van der Waals surface area contributed by atoms with Crippen molar-refractivity contribution in [2.75, 3.05) is 43.0 Å². The van der Waals surface area contributed by atoms with E-state index in [4.69, 9.17) is 5.73 Å². The maximum absolute atomic E-state index is 11.4. The van der Waals surface area contributed by atoms with E-state index in [2.05, 4.69) is 28.6 Å². The number of aryl methyl sites for hydroxylation is 1. The highest BCUT2D eigenvalue weighted by atomic mass is 16.1. The Morgan fingerprint density at radius 3 is 2.86 bits per heavy atom. The van der Waals surface area contributed by atoms with Gasteiger partial charge in [-0.3, -0.25) is 4.79 Å². The summed E-state index contributed by atoms with van der Waals surface area (Å²) in [5.74, 6) is 0.797. The fraction of sp³-hybridized carbons (Fsp3) is 0.562. The third kappa shape index (κ3) is 3.29. The van der Waals surface area contributed by atoms with Crippen molar-refractivity contribution in [3.05, 3.63) is 17.7 Å². The number of carbonyl (C=O) groups excluding carboxylic acids is 1. The van der Waals surface area contributed by atoms with E-state index in [1.165, 1.54) is 31.5 Å². The minimum Gasteiger partial charge on any atom is -0.397 e. The zero-order chi connectivity index (χ0) is 14.8. The van der Waals surface area contributed by atoms with Crippen LogP contribution in [0.4, 0.5) is 17.1 Å². The topological polar surface area (TPSA) is 70.4 Å². The first-order valence-electron chi connectivity index (χ1n) is 7.76. The zero-order valence-electron chi connectivity index (χ0n) is 12.6. The molecule has 5 nitrogen and oxygen atoms in total. The van der Waals surface area contributed by atoms with Crippen LogP contribution in [0.1, 0.15) is 24.8 Å². The normalized spacial score (nSPS) is 20.0. The summed E-state index contributed by atoms with van der Waals surface area (Å²) in [6.07, 6.45) is 3.84. The van der Waals surface area contributed by atoms with Gasteiger partial charge in [0, 0.05) is 18.7 Å². The van der Waals surface area contributed by atoms with E-state index in [0.717, 1.165) is 30.3 Å². The minimum absolute atomic E-state index is 0.0777. The van der Waals surface area contributed by atoms with Crippen LogP contribution in [0, 0.1) is 5.92 Å². The van der Waals surface area contributed by atoms with Crippen molar-refractivity contribution >= 4 is 23.0 Å². The number of nitrogens with two attached hydrogens (primary N) is 1. The number of carbonyl (C=O) groups is 1. The molecular weight excluding hydrogens is 264 g/mol. The van der Waals surface area contributed by atoms with E-state index in [9.17, 15) is 4.79 Å². The molecule has 3 rings (SSSR count). The summed E-state index contributed by atoms with van der Waals surface area (Å²) in [6, 6.07) is 3.97. The van der Waals surface area contributed by atoms with Gasteiger partial charge in [0.25, 0.3) is 0 Å². The van der Waals surface area contributed by atoms with Gasteiger partial charge in [0.05, 0.1) is 11.4 Å². The summed E-state index contributed by atoms with van der Waals surface area (Å²) in [5.41, 5.74) is 9.87. The molecule has 5 heteroatoms. The molecule has 1 aromatic rings. The van der Waals surface area contributed by atoms with Crippen molar-refractivity contribution in [3.63, 3.8) is 0 Å². The number of fused-ring (bicyclic) bond motifs is 1. The van der Waals surface area contributed by atoms with Crippen LogP contribution < -0.4 is 16.4 Å². The first-order chi connectivity index (χ1) is 10.1. The summed E-state index contributed by atoms with van der Waals surface area (Å²) in [4.78, 5) is 13.8. The van der Waals surface area contributed by atoms with E-state index in [0.29, 0.717) is 12.1 Å². The van der Waals surface area contributed by atoms with Crippen LogP contribution in [0.15, 0.2) is 12.1 Å². The quantitative estimate of drug-likeness (QED) is 0.743. The number of hydrogen-bond donors (Lipinski definition) is 3. The van der Waals surface area contributed by atoms with Crippen LogP contribution in [0.3, 0.4) is 0 Å². The van der Waals surface area contributed by atoms with Crippen LogP contribution >= 0.6 is 0 Å². The van der Waals surface area contributed by atoms with Crippen molar-refractivity contribution in [1.29, 1.82) is 0 Å². The Labute approximate surface area is 125 Å². The fourth-order valence-electron chi connectivity index (χ4n) is 3.12. The Kier molecular flexibility index (Phi) is 4.01. The van der Waals surface area contributed by atoms with Gasteiger partial charge in [0.15, 0.2) is 0 Å². The second-order valence-corrected chi connectivity index (χ2v) is 6.27. The summed E-state index contributed by atoms with van der Waals surface area (Å²) >= 11 is 0. The number of anilines is 3. The standard InChI is InChI=1S/C16H24N4O/c1-20-6-4-11(5-7-20)10-18-15-8-12-2-3-16(21)19-14(12)9-13(15)17/h8-9,11,18H,2-7,10,17H2,1H3,(H,19,21). The Morgan fingerprint density at radius 2 is 2.10 bits per heavy atom. The zero-order valence-corrected chi connectivity index (χ0v) is 12.6. The highest BCUT2D eigenvalue weighted by Gasteiger charge is 2.19. The molecule has 1 aromatic carbocycles. The third-order valence-corrected chi connectivity index (χ3v) is 4.59. The van der Waals surface area contributed by atoms with E-state index in [1.807, 2.05) is 6.07 Å². The fourth-order valence-corrected chi connectivity index (χ4v) is 3.12. The predicted octanol–water partition coefficient (Wildman–Crippen LogP) is 1.91. The van der Waals surface area contributed by atoms with Gasteiger partial charge in [-0.15, -0.1) is 0 Å². The molecule has 0 unspecified atom stereocenters. The van der Waals surface area contributed by atoms with Gasteiger partial charge in [-0.2, -0.15) is 0 Å². The molecule has 0 atom stereocenters. The smallest absolute Gasteiger partial charge is 0.224 e.